The third kappa shape index (κ3) is 5.12. The molecular formula is C25H25N5O3. The lowest BCUT2D eigenvalue weighted by atomic mass is 10.2. The van der Waals surface area contributed by atoms with Gasteiger partial charge in [-0.1, -0.05) is 54.6 Å². The minimum Gasteiger partial charge on any atom is -0.496 e. The normalized spacial score (nSPS) is 10.5. The van der Waals surface area contributed by atoms with Crippen LogP contribution in [0.25, 0.3) is 0 Å². The SMILES string of the molecule is COc1ccccc1CNc1nc(NCc2ccccc2OC)n(C(=O)c2ccccc2)n1. The Labute approximate surface area is 192 Å². The molecule has 3 aromatic carbocycles. The number of anilines is 2. The van der Waals surface area contributed by atoms with E-state index < -0.39 is 0 Å². The number of aromatic nitrogens is 3. The molecule has 0 aliphatic heterocycles. The quantitative estimate of drug-likeness (QED) is 0.400. The van der Waals surface area contributed by atoms with Crippen LogP contribution in [0.4, 0.5) is 11.9 Å². The summed E-state index contributed by atoms with van der Waals surface area (Å²) in [5.41, 5.74) is 2.40. The average molecular weight is 444 g/mol. The highest BCUT2D eigenvalue weighted by Gasteiger charge is 2.18. The fraction of sp³-hybridized carbons (Fsp3) is 0.160. The van der Waals surface area contributed by atoms with Crippen LogP contribution in [0.15, 0.2) is 78.9 Å². The van der Waals surface area contributed by atoms with E-state index in [4.69, 9.17) is 9.47 Å². The first-order chi connectivity index (χ1) is 16.2. The van der Waals surface area contributed by atoms with E-state index in [9.17, 15) is 4.79 Å². The van der Waals surface area contributed by atoms with Crippen molar-refractivity contribution in [2.75, 3.05) is 24.9 Å². The van der Waals surface area contributed by atoms with Gasteiger partial charge in [0.2, 0.25) is 11.9 Å². The second kappa shape index (κ2) is 10.3. The largest absolute Gasteiger partial charge is 0.496 e. The fourth-order valence-electron chi connectivity index (χ4n) is 3.39. The molecule has 0 aliphatic carbocycles. The van der Waals surface area contributed by atoms with E-state index in [0.717, 1.165) is 22.6 Å². The first kappa shape index (κ1) is 21.9. The van der Waals surface area contributed by atoms with Crippen molar-refractivity contribution < 1.29 is 14.3 Å². The van der Waals surface area contributed by atoms with Gasteiger partial charge in [0.15, 0.2) is 0 Å². The number of hydrogen-bond acceptors (Lipinski definition) is 7. The molecule has 0 radical (unpaired) electrons. The molecule has 2 N–H and O–H groups in total. The van der Waals surface area contributed by atoms with Gasteiger partial charge >= 0.3 is 0 Å². The van der Waals surface area contributed by atoms with Crippen molar-refractivity contribution in [2.45, 2.75) is 13.1 Å². The van der Waals surface area contributed by atoms with Gasteiger partial charge in [0.05, 0.1) is 14.2 Å². The lowest BCUT2D eigenvalue weighted by molar-refractivity contribution is 0.0947. The lowest BCUT2D eigenvalue weighted by Crippen LogP contribution is -2.17. The molecule has 4 aromatic rings. The minimum atomic E-state index is -0.282. The van der Waals surface area contributed by atoms with Crippen LogP contribution in [0, 0.1) is 0 Å². The topological polar surface area (TPSA) is 90.3 Å². The molecule has 0 fully saturated rings. The predicted octanol–water partition coefficient (Wildman–Crippen LogP) is 4.21. The monoisotopic (exact) mass is 443 g/mol. The molecule has 1 aromatic heterocycles. The molecule has 0 atom stereocenters. The van der Waals surface area contributed by atoms with Gasteiger partial charge in [-0.15, -0.1) is 5.10 Å². The fourth-order valence-corrected chi connectivity index (χ4v) is 3.39. The highest BCUT2D eigenvalue weighted by molar-refractivity contribution is 5.97. The average Bonchev–Trinajstić information content (AvgIpc) is 3.29. The Morgan fingerprint density at radius 2 is 1.33 bits per heavy atom. The number of ether oxygens (including phenoxy) is 2. The molecule has 1 heterocycles. The number of para-hydroxylation sites is 2. The number of hydrogen-bond donors (Lipinski definition) is 2. The van der Waals surface area contributed by atoms with Crippen LogP contribution >= 0.6 is 0 Å². The number of rotatable bonds is 9. The molecule has 4 rings (SSSR count). The van der Waals surface area contributed by atoms with E-state index in [1.165, 1.54) is 4.68 Å². The van der Waals surface area contributed by atoms with Crippen molar-refractivity contribution >= 4 is 17.8 Å². The Kier molecular flexibility index (Phi) is 6.84. The second-order valence-corrected chi connectivity index (χ2v) is 7.17. The van der Waals surface area contributed by atoms with Crippen LogP contribution in [-0.2, 0) is 13.1 Å². The smallest absolute Gasteiger partial charge is 0.281 e. The summed E-state index contributed by atoms with van der Waals surface area (Å²) in [6, 6.07) is 24.3. The highest BCUT2D eigenvalue weighted by Crippen LogP contribution is 2.21. The van der Waals surface area contributed by atoms with Gasteiger partial charge in [0, 0.05) is 29.8 Å². The molecule has 0 unspecified atom stereocenters. The molecule has 168 valence electrons. The van der Waals surface area contributed by atoms with Gasteiger partial charge in [-0.05, 0) is 24.3 Å². The molecule has 0 saturated carbocycles. The zero-order chi connectivity index (χ0) is 23.0. The summed E-state index contributed by atoms with van der Waals surface area (Å²) >= 11 is 0. The summed E-state index contributed by atoms with van der Waals surface area (Å²) < 4.78 is 12.1. The van der Waals surface area contributed by atoms with Gasteiger partial charge < -0.3 is 20.1 Å². The zero-order valence-electron chi connectivity index (χ0n) is 18.5. The predicted molar refractivity (Wildman–Crippen MR) is 127 cm³/mol. The molecule has 0 aliphatic rings. The first-order valence-electron chi connectivity index (χ1n) is 10.5. The number of nitrogens with one attached hydrogen (secondary N) is 2. The second-order valence-electron chi connectivity index (χ2n) is 7.17. The maximum atomic E-state index is 13.1. The zero-order valence-corrected chi connectivity index (χ0v) is 18.5. The van der Waals surface area contributed by atoms with Gasteiger partial charge in [0.1, 0.15) is 11.5 Å². The summed E-state index contributed by atoms with van der Waals surface area (Å²) in [4.78, 5) is 17.7. The number of nitrogens with zero attached hydrogens (tertiary/aromatic N) is 3. The van der Waals surface area contributed by atoms with Gasteiger partial charge in [-0.25, -0.2) is 0 Å². The summed E-state index contributed by atoms with van der Waals surface area (Å²) in [5, 5.41) is 10.8. The van der Waals surface area contributed by atoms with Crippen molar-refractivity contribution in [1.82, 2.24) is 14.8 Å². The van der Waals surface area contributed by atoms with Crippen molar-refractivity contribution in [3.05, 3.63) is 95.6 Å². The van der Waals surface area contributed by atoms with Crippen LogP contribution in [0.2, 0.25) is 0 Å². The van der Waals surface area contributed by atoms with E-state index in [2.05, 4.69) is 20.7 Å². The summed E-state index contributed by atoms with van der Waals surface area (Å²) in [5.74, 6) is 1.89. The van der Waals surface area contributed by atoms with E-state index in [-0.39, 0.29) is 5.91 Å². The Bertz CT molecular complexity index is 1220. The van der Waals surface area contributed by atoms with E-state index in [1.807, 2.05) is 66.7 Å². The first-order valence-corrected chi connectivity index (χ1v) is 10.5. The number of carbonyl (C=O) groups is 1. The molecule has 0 saturated heterocycles. The van der Waals surface area contributed by atoms with Crippen molar-refractivity contribution in [3.8, 4) is 11.5 Å². The standard InChI is InChI=1S/C25H25N5O3/c1-32-21-14-8-6-12-19(21)16-26-24-28-25(27-17-20-13-7-9-15-22(20)33-2)30(29-24)23(31)18-10-4-3-5-11-18/h3-15H,16-17H2,1-2H3,(H2,26,27,28,29). The number of carbonyl (C=O) groups excluding carboxylic acids is 1. The van der Waals surface area contributed by atoms with E-state index in [1.54, 1.807) is 26.4 Å². The summed E-state index contributed by atoms with van der Waals surface area (Å²) in [6.07, 6.45) is 0. The van der Waals surface area contributed by atoms with E-state index >= 15 is 0 Å². The summed E-state index contributed by atoms with van der Waals surface area (Å²) in [7, 11) is 3.25. The molecule has 33 heavy (non-hydrogen) atoms. The maximum absolute atomic E-state index is 13.1. The van der Waals surface area contributed by atoms with Gasteiger partial charge in [-0.2, -0.15) is 9.67 Å². The van der Waals surface area contributed by atoms with Gasteiger partial charge in [-0.3, -0.25) is 4.79 Å². The van der Waals surface area contributed by atoms with E-state index in [0.29, 0.717) is 30.5 Å². The third-order valence-electron chi connectivity index (χ3n) is 5.08. The van der Waals surface area contributed by atoms with Gasteiger partial charge in [0.25, 0.3) is 5.91 Å². The Balaban J connectivity index is 1.59. The van der Waals surface area contributed by atoms with Crippen molar-refractivity contribution in [3.63, 3.8) is 0 Å². The molecule has 0 spiro atoms. The lowest BCUT2D eigenvalue weighted by Gasteiger charge is -2.10. The van der Waals surface area contributed by atoms with Crippen LogP contribution in [0.5, 0.6) is 11.5 Å². The Morgan fingerprint density at radius 3 is 1.94 bits per heavy atom. The number of methoxy groups -OCH3 is 2. The molecular weight excluding hydrogens is 418 g/mol. The van der Waals surface area contributed by atoms with Crippen molar-refractivity contribution in [1.29, 1.82) is 0 Å². The van der Waals surface area contributed by atoms with Crippen LogP contribution in [0.3, 0.4) is 0 Å². The molecule has 8 nitrogen and oxygen atoms in total. The van der Waals surface area contributed by atoms with Crippen LogP contribution in [0.1, 0.15) is 21.5 Å². The minimum absolute atomic E-state index is 0.282. The molecule has 0 amide bonds. The Hall–Kier alpha value is -4.33. The maximum Gasteiger partial charge on any atom is 0.281 e. The Morgan fingerprint density at radius 1 is 0.788 bits per heavy atom. The highest BCUT2D eigenvalue weighted by atomic mass is 16.5. The molecule has 8 heteroatoms. The summed E-state index contributed by atoms with van der Waals surface area (Å²) in [6.45, 7) is 0.857. The van der Waals surface area contributed by atoms with Crippen LogP contribution in [-0.4, -0.2) is 34.9 Å². The van der Waals surface area contributed by atoms with Crippen LogP contribution < -0.4 is 20.1 Å². The van der Waals surface area contributed by atoms with Crippen molar-refractivity contribution in [2.24, 2.45) is 0 Å². The molecule has 0 bridgehead atoms. The number of benzene rings is 3. The third-order valence-corrected chi connectivity index (χ3v) is 5.08.